The zero-order valence-electron chi connectivity index (χ0n) is 20.0. The molecule has 0 spiro atoms. The minimum atomic E-state index is -0.661. The number of imidazole rings is 1. The van der Waals surface area contributed by atoms with Crippen LogP contribution in [-0.2, 0) is 22.4 Å². The molecular weight excluding hydrogens is 458 g/mol. The van der Waals surface area contributed by atoms with E-state index < -0.39 is 12.1 Å². The van der Waals surface area contributed by atoms with Crippen LogP contribution in [0, 0.1) is 18.3 Å². The van der Waals surface area contributed by atoms with Gasteiger partial charge in [0, 0.05) is 30.7 Å². The summed E-state index contributed by atoms with van der Waals surface area (Å²) in [4.78, 5) is 34.9. The summed E-state index contributed by atoms with van der Waals surface area (Å²) in [6, 6.07) is 18.2. The number of anilines is 1. The Hall–Kier alpha value is -4.71. The molecule has 0 saturated heterocycles. The molecule has 0 N–H and O–H groups in total. The molecule has 0 saturated carbocycles. The average molecular weight is 484 g/mol. The Morgan fingerprint density at radius 1 is 1.11 bits per heavy atom. The van der Waals surface area contributed by atoms with Gasteiger partial charge >= 0.3 is 12.1 Å². The number of nitriles is 1. The molecule has 0 fully saturated rings. The molecule has 1 aromatic carbocycles. The summed E-state index contributed by atoms with van der Waals surface area (Å²) in [5, 5.41) is 8.96. The Bertz CT molecular complexity index is 1410. The first kappa shape index (κ1) is 24.4. The summed E-state index contributed by atoms with van der Waals surface area (Å²) in [5.41, 5.74) is 4.37. The standard InChI is InChI=1S/C27H25N5O4/c1-19-23(11-10-20-6-8-21(18-28)9-7-20)30-25-17-22(12-15-31(19)25)36-27(34)32(16-13-26(33)35-2)24-5-3-4-14-29-24/h3-9,12,14-15,17H,10-11,13,16H2,1-2H3. The van der Waals surface area contributed by atoms with Gasteiger partial charge in [-0.1, -0.05) is 18.2 Å². The zero-order chi connectivity index (χ0) is 25.5. The first-order valence-corrected chi connectivity index (χ1v) is 11.4. The highest BCUT2D eigenvalue weighted by atomic mass is 16.6. The second-order valence-electron chi connectivity index (χ2n) is 8.08. The van der Waals surface area contributed by atoms with Crippen LogP contribution in [0.5, 0.6) is 5.75 Å². The van der Waals surface area contributed by atoms with Crippen molar-refractivity contribution in [3.63, 3.8) is 0 Å². The number of aryl methyl sites for hydroxylation is 3. The van der Waals surface area contributed by atoms with Gasteiger partial charge in [0.1, 0.15) is 17.2 Å². The third-order valence-electron chi connectivity index (χ3n) is 5.79. The lowest BCUT2D eigenvalue weighted by Gasteiger charge is -2.20. The van der Waals surface area contributed by atoms with Gasteiger partial charge in [0.15, 0.2) is 0 Å². The van der Waals surface area contributed by atoms with Crippen molar-refractivity contribution in [2.24, 2.45) is 0 Å². The van der Waals surface area contributed by atoms with Crippen molar-refractivity contribution in [1.82, 2.24) is 14.4 Å². The third-order valence-corrected chi connectivity index (χ3v) is 5.79. The predicted octanol–water partition coefficient (Wildman–Crippen LogP) is 4.26. The normalized spacial score (nSPS) is 10.6. The average Bonchev–Trinajstić information content (AvgIpc) is 3.22. The maximum absolute atomic E-state index is 13.0. The number of aromatic nitrogens is 3. The SMILES string of the molecule is COC(=O)CCN(C(=O)Oc1ccn2c(C)c(CCc3ccc(C#N)cc3)nc2c1)c1ccccn1. The van der Waals surface area contributed by atoms with Gasteiger partial charge in [-0.15, -0.1) is 0 Å². The molecule has 0 aliphatic rings. The van der Waals surface area contributed by atoms with Gasteiger partial charge < -0.3 is 13.9 Å². The number of benzene rings is 1. The number of carbonyl (C=O) groups excluding carboxylic acids is 2. The number of hydrogen-bond acceptors (Lipinski definition) is 7. The van der Waals surface area contributed by atoms with Crippen molar-refractivity contribution < 1.29 is 19.1 Å². The number of ether oxygens (including phenoxy) is 2. The lowest BCUT2D eigenvalue weighted by molar-refractivity contribution is -0.140. The van der Waals surface area contributed by atoms with E-state index in [1.165, 1.54) is 12.0 Å². The van der Waals surface area contributed by atoms with E-state index in [-0.39, 0.29) is 13.0 Å². The van der Waals surface area contributed by atoms with Gasteiger partial charge in [-0.05, 0) is 55.7 Å². The van der Waals surface area contributed by atoms with Crippen molar-refractivity contribution in [3.05, 3.63) is 89.5 Å². The van der Waals surface area contributed by atoms with Gasteiger partial charge in [-0.25, -0.2) is 14.8 Å². The van der Waals surface area contributed by atoms with Crippen LogP contribution in [0.15, 0.2) is 67.0 Å². The highest BCUT2D eigenvalue weighted by molar-refractivity contribution is 5.88. The number of amides is 1. The Kier molecular flexibility index (Phi) is 7.56. The number of rotatable bonds is 8. The molecule has 4 rings (SSSR count). The fourth-order valence-electron chi connectivity index (χ4n) is 3.78. The molecule has 0 radical (unpaired) electrons. The number of esters is 1. The van der Waals surface area contributed by atoms with Gasteiger partial charge in [-0.2, -0.15) is 5.26 Å². The molecular formula is C27H25N5O4. The Morgan fingerprint density at radius 3 is 2.61 bits per heavy atom. The van der Waals surface area contributed by atoms with E-state index in [1.54, 1.807) is 36.5 Å². The number of pyridine rings is 2. The summed E-state index contributed by atoms with van der Waals surface area (Å²) < 4.78 is 12.3. The molecule has 182 valence electrons. The highest BCUT2D eigenvalue weighted by Gasteiger charge is 2.21. The maximum atomic E-state index is 13.0. The fourth-order valence-corrected chi connectivity index (χ4v) is 3.78. The lowest BCUT2D eigenvalue weighted by Crippen LogP contribution is -2.36. The second-order valence-corrected chi connectivity index (χ2v) is 8.08. The Balaban J connectivity index is 1.49. The smallest absolute Gasteiger partial charge is 0.420 e. The molecule has 0 bridgehead atoms. The molecule has 0 aliphatic carbocycles. The molecule has 3 aromatic heterocycles. The molecule has 9 heteroatoms. The van der Waals surface area contributed by atoms with E-state index in [4.69, 9.17) is 19.7 Å². The largest absolute Gasteiger partial charge is 0.469 e. The van der Waals surface area contributed by atoms with E-state index in [2.05, 4.69) is 11.1 Å². The molecule has 1 amide bonds. The first-order chi connectivity index (χ1) is 17.5. The second kappa shape index (κ2) is 11.1. The summed E-state index contributed by atoms with van der Waals surface area (Å²) in [6.07, 6.45) is 4.24. The van der Waals surface area contributed by atoms with Crippen LogP contribution in [0.2, 0.25) is 0 Å². The van der Waals surface area contributed by atoms with Gasteiger partial charge in [0.05, 0.1) is 30.9 Å². The molecule has 36 heavy (non-hydrogen) atoms. The van der Waals surface area contributed by atoms with Crippen molar-refractivity contribution >= 4 is 23.5 Å². The van der Waals surface area contributed by atoms with Gasteiger partial charge in [0.2, 0.25) is 0 Å². The Morgan fingerprint density at radius 2 is 1.92 bits per heavy atom. The van der Waals surface area contributed by atoms with Crippen LogP contribution in [0.25, 0.3) is 5.65 Å². The van der Waals surface area contributed by atoms with Crippen LogP contribution >= 0.6 is 0 Å². The molecule has 0 atom stereocenters. The quantitative estimate of drug-likeness (QED) is 0.344. The topological polar surface area (TPSA) is 110 Å². The van der Waals surface area contributed by atoms with Gasteiger partial charge in [-0.3, -0.25) is 9.69 Å². The fraction of sp³-hybridized carbons (Fsp3) is 0.222. The highest BCUT2D eigenvalue weighted by Crippen LogP contribution is 2.21. The zero-order valence-corrected chi connectivity index (χ0v) is 20.0. The summed E-state index contributed by atoms with van der Waals surface area (Å²) in [6.45, 7) is 2.06. The minimum absolute atomic E-state index is 0.00324. The summed E-state index contributed by atoms with van der Waals surface area (Å²) in [5.74, 6) is 0.260. The van der Waals surface area contributed by atoms with E-state index in [1.807, 2.05) is 41.8 Å². The summed E-state index contributed by atoms with van der Waals surface area (Å²) in [7, 11) is 1.30. The third kappa shape index (κ3) is 5.67. The molecule has 0 aliphatic heterocycles. The van der Waals surface area contributed by atoms with Crippen LogP contribution in [0.4, 0.5) is 10.6 Å². The number of carbonyl (C=O) groups is 2. The monoisotopic (exact) mass is 483 g/mol. The summed E-state index contributed by atoms with van der Waals surface area (Å²) >= 11 is 0. The van der Waals surface area contributed by atoms with Gasteiger partial charge in [0.25, 0.3) is 0 Å². The molecule has 0 unspecified atom stereocenters. The number of hydrogen-bond donors (Lipinski definition) is 0. The van der Waals surface area contributed by atoms with Crippen LogP contribution in [0.3, 0.4) is 0 Å². The van der Waals surface area contributed by atoms with E-state index >= 15 is 0 Å². The van der Waals surface area contributed by atoms with Crippen molar-refractivity contribution in [1.29, 1.82) is 5.26 Å². The molecule has 4 aromatic rings. The molecule has 9 nitrogen and oxygen atoms in total. The number of nitrogens with zero attached hydrogens (tertiary/aromatic N) is 5. The van der Waals surface area contributed by atoms with Crippen LogP contribution < -0.4 is 9.64 Å². The predicted molar refractivity (Wildman–Crippen MR) is 133 cm³/mol. The number of methoxy groups -OCH3 is 1. The first-order valence-electron chi connectivity index (χ1n) is 11.4. The van der Waals surface area contributed by atoms with E-state index in [9.17, 15) is 9.59 Å². The van der Waals surface area contributed by atoms with E-state index in [0.29, 0.717) is 22.8 Å². The minimum Gasteiger partial charge on any atom is -0.469 e. The van der Waals surface area contributed by atoms with Crippen molar-refractivity contribution in [2.45, 2.75) is 26.2 Å². The van der Waals surface area contributed by atoms with Crippen LogP contribution in [-0.4, -0.2) is 40.1 Å². The van der Waals surface area contributed by atoms with Crippen molar-refractivity contribution in [2.75, 3.05) is 18.6 Å². The molecule has 3 heterocycles. The number of fused-ring (bicyclic) bond motifs is 1. The maximum Gasteiger partial charge on any atom is 0.420 e. The lowest BCUT2D eigenvalue weighted by atomic mass is 10.1. The van der Waals surface area contributed by atoms with Crippen LogP contribution in [0.1, 0.15) is 28.9 Å². The van der Waals surface area contributed by atoms with Crippen molar-refractivity contribution in [3.8, 4) is 11.8 Å². The van der Waals surface area contributed by atoms with E-state index in [0.717, 1.165) is 29.8 Å². The Labute approximate surface area is 208 Å².